The van der Waals surface area contributed by atoms with Gasteiger partial charge in [0.05, 0.1) is 0 Å². The van der Waals surface area contributed by atoms with Crippen LogP contribution in [0, 0.1) is 5.92 Å². The highest BCUT2D eigenvalue weighted by Crippen LogP contribution is 2.28. The van der Waals surface area contributed by atoms with Crippen molar-refractivity contribution in [1.82, 2.24) is 5.32 Å². The van der Waals surface area contributed by atoms with Gasteiger partial charge in [-0.2, -0.15) is 0 Å². The Morgan fingerprint density at radius 1 is 1.33 bits per heavy atom. The number of benzene rings is 1. The summed E-state index contributed by atoms with van der Waals surface area (Å²) in [6.45, 7) is 5.44. The van der Waals surface area contributed by atoms with E-state index in [2.05, 4.69) is 25.2 Å². The summed E-state index contributed by atoms with van der Waals surface area (Å²) in [7, 11) is 0. The van der Waals surface area contributed by atoms with Crippen LogP contribution in [0.2, 0.25) is 0 Å². The Morgan fingerprint density at radius 2 is 2.12 bits per heavy atom. The molecule has 1 aromatic carbocycles. The first-order valence-electron chi connectivity index (χ1n) is 8.87. The normalized spacial score (nSPS) is 21.0. The highest BCUT2D eigenvalue weighted by molar-refractivity contribution is 6.01. The zero-order chi connectivity index (χ0) is 17.1. The van der Waals surface area contributed by atoms with Crippen LogP contribution in [-0.2, 0) is 20.7 Å². The van der Waals surface area contributed by atoms with E-state index in [1.54, 1.807) is 0 Å². The van der Waals surface area contributed by atoms with Gasteiger partial charge in [-0.15, -0.1) is 0 Å². The highest BCUT2D eigenvalue weighted by atomic mass is 16.5. The van der Waals surface area contributed by atoms with Crippen molar-refractivity contribution in [3.8, 4) is 0 Å². The lowest BCUT2D eigenvalue weighted by Gasteiger charge is -2.27. The van der Waals surface area contributed by atoms with Gasteiger partial charge in [0.1, 0.15) is 12.1 Å². The maximum Gasteiger partial charge on any atom is 0.249 e. The molecule has 0 bridgehead atoms. The minimum Gasteiger partial charge on any atom is -0.368 e. The Balaban J connectivity index is 1.73. The van der Waals surface area contributed by atoms with E-state index in [0.717, 1.165) is 24.9 Å². The number of para-hydroxylation sites is 1. The highest BCUT2D eigenvalue weighted by Gasteiger charge is 2.33. The summed E-state index contributed by atoms with van der Waals surface area (Å²) < 4.78 is 5.45. The molecule has 5 heteroatoms. The minimum absolute atomic E-state index is 0.0139. The number of hydrogen-bond acceptors (Lipinski definition) is 3. The van der Waals surface area contributed by atoms with Crippen LogP contribution in [0.1, 0.15) is 38.7 Å². The van der Waals surface area contributed by atoms with Gasteiger partial charge in [0.2, 0.25) is 11.8 Å². The summed E-state index contributed by atoms with van der Waals surface area (Å²) in [5.41, 5.74) is 2.17. The molecule has 5 nitrogen and oxygen atoms in total. The van der Waals surface area contributed by atoms with E-state index in [0.29, 0.717) is 25.5 Å². The molecule has 3 rings (SSSR count). The molecule has 1 saturated heterocycles. The van der Waals surface area contributed by atoms with Crippen LogP contribution in [0.4, 0.5) is 5.69 Å². The SMILES string of the molecule is CC(C)C[C@@H](NC(=O)C1CCCO1)C(=O)N1CCc2ccccc21. The predicted octanol–water partition coefficient (Wildman–Crippen LogP) is 2.29. The monoisotopic (exact) mass is 330 g/mol. The van der Waals surface area contributed by atoms with E-state index in [4.69, 9.17) is 4.74 Å². The fourth-order valence-electron chi connectivity index (χ4n) is 3.50. The first-order valence-corrected chi connectivity index (χ1v) is 8.87. The van der Waals surface area contributed by atoms with E-state index in [9.17, 15) is 9.59 Å². The topological polar surface area (TPSA) is 58.6 Å². The molecule has 2 aliphatic heterocycles. The number of nitrogens with zero attached hydrogens (tertiary/aromatic N) is 1. The van der Waals surface area contributed by atoms with Crippen molar-refractivity contribution in [2.24, 2.45) is 5.92 Å². The molecule has 1 unspecified atom stereocenters. The van der Waals surface area contributed by atoms with Crippen LogP contribution < -0.4 is 10.2 Å². The lowest BCUT2D eigenvalue weighted by atomic mass is 10.0. The molecule has 0 spiro atoms. The fraction of sp³-hybridized carbons (Fsp3) is 0.579. The summed E-state index contributed by atoms with van der Waals surface area (Å²) in [6, 6.07) is 7.50. The van der Waals surface area contributed by atoms with E-state index in [1.165, 1.54) is 5.56 Å². The quantitative estimate of drug-likeness (QED) is 0.901. The molecule has 2 amide bonds. The van der Waals surface area contributed by atoms with Gasteiger partial charge in [-0.1, -0.05) is 32.0 Å². The lowest BCUT2D eigenvalue weighted by Crippen LogP contribution is -2.51. The minimum atomic E-state index is -0.493. The molecule has 0 aliphatic carbocycles. The van der Waals surface area contributed by atoms with Crippen LogP contribution in [0.25, 0.3) is 0 Å². The van der Waals surface area contributed by atoms with Gasteiger partial charge >= 0.3 is 0 Å². The van der Waals surface area contributed by atoms with Crippen molar-refractivity contribution in [2.75, 3.05) is 18.1 Å². The van der Waals surface area contributed by atoms with Gasteiger partial charge in [0, 0.05) is 18.8 Å². The van der Waals surface area contributed by atoms with Crippen molar-refractivity contribution in [3.63, 3.8) is 0 Å². The van der Waals surface area contributed by atoms with Gasteiger partial charge in [-0.05, 0) is 43.2 Å². The third kappa shape index (κ3) is 3.61. The van der Waals surface area contributed by atoms with Gasteiger partial charge in [-0.25, -0.2) is 0 Å². The van der Waals surface area contributed by atoms with Gasteiger partial charge in [0.15, 0.2) is 0 Å². The number of carbonyl (C=O) groups excluding carboxylic acids is 2. The van der Waals surface area contributed by atoms with Crippen molar-refractivity contribution in [2.45, 2.75) is 51.7 Å². The number of nitrogens with one attached hydrogen (secondary N) is 1. The average Bonchev–Trinajstić information content (AvgIpc) is 3.22. The van der Waals surface area contributed by atoms with Crippen LogP contribution in [0.3, 0.4) is 0 Å². The average molecular weight is 330 g/mol. The van der Waals surface area contributed by atoms with Crippen LogP contribution in [0.5, 0.6) is 0 Å². The second-order valence-corrected chi connectivity index (χ2v) is 7.06. The molecule has 1 aromatic rings. The van der Waals surface area contributed by atoms with Crippen LogP contribution in [0.15, 0.2) is 24.3 Å². The van der Waals surface area contributed by atoms with Crippen molar-refractivity contribution >= 4 is 17.5 Å². The molecule has 1 fully saturated rings. The molecular weight excluding hydrogens is 304 g/mol. The second-order valence-electron chi connectivity index (χ2n) is 7.06. The molecule has 2 heterocycles. The molecule has 2 aliphatic rings. The Kier molecular flexibility index (Phi) is 5.19. The zero-order valence-corrected chi connectivity index (χ0v) is 14.5. The largest absolute Gasteiger partial charge is 0.368 e. The zero-order valence-electron chi connectivity index (χ0n) is 14.5. The Morgan fingerprint density at radius 3 is 2.83 bits per heavy atom. The van der Waals surface area contributed by atoms with Gasteiger partial charge < -0.3 is 15.0 Å². The van der Waals surface area contributed by atoms with E-state index in [1.807, 2.05) is 23.1 Å². The van der Waals surface area contributed by atoms with Gasteiger partial charge in [-0.3, -0.25) is 9.59 Å². The molecule has 130 valence electrons. The predicted molar refractivity (Wildman–Crippen MR) is 92.9 cm³/mol. The third-order valence-corrected chi connectivity index (χ3v) is 4.70. The molecule has 2 atom stereocenters. The standard InChI is InChI=1S/C19H26N2O3/c1-13(2)12-15(20-18(22)17-8-5-11-24-17)19(23)21-10-9-14-6-3-4-7-16(14)21/h3-4,6-7,13,15,17H,5,8-12H2,1-2H3,(H,20,22)/t15-,17?/m1/s1. The molecule has 0 radical (unpaired) electrons. The summed E-state index contributed by atoms with van der Waals surface area (Å²) in [5, 5.41) is 2.94. The Hall–Kier alpha value is -1.88. The fourth-order valence-corrected chi connectivity index (χ4v) is 3.50. The van der Waals surface area contributed by atoms with E-state index in [-0.39, 0.29) is 11.8 Å². The third-order valence-electron chi connectivity index (χ3n) is 4.70. The van der Waals surface area contributed by atoms with Crippen LogP contribution in [-0.4, -0.2) is 37.1 Å². The first kappa shape index (κ1) is 17.0. The molecule has 1 N–H and O–H groups in total. The summed E-state index contributed by atoms with van der Waals surface area (Å²) >= 11 is 0. The van der Waals surface area contributed by atoms with Gasteiger partial charge in [0.25, 0.3) is 0 Å². The first-order chi connectivity index (χ1) is 11.6. The Bertz CT molecular complexity index is 608. The lowest BCUT2D eigenvalue weighted by molar-refractivity contribution is -0.134. The molecular formula is C19H26N2O3. The summed E-state index contributed by atoms with van der Waals surface area (Å²) in [4.78, 5) is 27.3. The number of carbonyl (C=O) groups is 2. The number of ether oxygens (including phenoxy) is 1. The maximum absolute atomic E-state index is 13.1. The molecule has 0 aromatic heterocycles. The van der Waals surface area contributed by atoms with Crippen molar-refractivity contribution in [1.29, 1.82) is 0 Å². The van der Waals surface area contributed by atoms with Crippen LogP contribution >= 0.6 is 0 Å². The number of anilines is 1. The summed E-state index contributed by atoms with van der Waals surface area (Å²) in [5.74, 6) is 0.153. The van der Waals surface area contributed by atoms with Crippen molar-refractivity contribution in [3.05, 3.63) is 29.8 Å². The number of rotatable bonds is 5. The van der Waals surface area contributed by atoms with E-state index >= 15 is 0 Å². The number of fused-ring (bicyclic) bond motifs is 1. The molecule has 24 heavy (non-hydrogen) atoms. The maximum atomic E-state index is 13.1. The van der Waals surface area contributed by atoms with Crippen molar-refractivity contribution < 1.29 is 14.3 Å². The Labute approximate surface area is 143 Å². The number of amides is 2. The van der Waals surface area contributed by atoms with E-state index < -0.39 is 12.1 Å². The molecule has 0 saturated carbocycles. The smallest absolute Gasteiger partial charge is 0.249 e. The summed E-state index contributed by atoms with van der Waals surface area (Å²) in [6.07, 6.45) is 2.74. The second kappa shape index (κ2) is 7.34. The number of hydrogen-bond donors (Lipinski definition) is 1.